The van der Waals surface area contributed by atoms with Gasteiger partial charge >= 0.3 is 0 Å². The van der Waals surface area contributed by atoms with Crippen molar-refractivity contribution in [1.82, 2.24) is 9.80 Å². The number of rotatable bonds is 4. The van der Waals surface area contributed by atoms with Gasteiger partial charge in [0.2, 0.25) is 11.8 Å². The molecule has 2 heterocycles. The Balaban J connectivity index is 1.59. The van der Waals surface area contributed by atoms with Crippen molar-refractivity contribution in [2.24, 2.45) is 0 Å². The molecule has 0 spiro atoms. The Morgan fingerprint density at radius 3 is 2.61 bits per heavy atom. The lowest BCUT2D eigenvalue weighted by Crippen LogP contribution is -2.36. The monoisotopic (exact) mass is 328 g/mol. The molecule has 3 rings (SSSR count). The molecule has 0 unspecified atom stereocenters. The van der Waals surface area contributed by atoms with Crippen LogP contribution in [0.3, 0.4) is 0 Å². The fraction of sp³-hybridized carbons (Fsp3) is 0.333. The average molecular weight is 328 g/mol. The maximum absolute atomic E-state index is 12.4. The van der Waals surface area contributed by atoms with E-state index in [4.69, 9.17) is 0 Å². The van der Waals surface area contributed by atoms with E-state index in [2.05, 4.69) is 0 Å². The van der Waals surface area contributed by atoms with Crippen LogP contribution in [0.15, 0.2) is 47.8 Å². The molecule has 1 saturated heterocycles. The van der Waals surface area contributed by atoms with Gasteiger partial charge in [-0.05, 0) is 17.0 Å². The maximum atomic E-state index is 12.4. The second-order valence-corrected chi connectivity index (χ2v) is 6.72. The fourth-order valence-corrected chi connectivity index (χ4v) is 3.46. The molecule has 1 aromatic heterocycles. The molecule has 120 valence electrons. The van der Waals surface area contributed by atoms with E-state index in [1.165, 1.54) is 0 Å². The minimum Gasteiger partial charge on any atom is -0.340 e. The van der Waals surface area contributed by atoms with Crippen molar-refractivity contribution in [2.45, 2.75) is 19.4 Å². The fourth-order valence-electron chi connectivity index (χ4n) is 2.76. The first kappa shape index (κ1) is 15.7. The summed E-state index contributed by atoms with van der Waals surface area (Å²) in [5.41, 5.74) is 1.12. The van der Waals surface area contributed by atoms with Crippen LogP contribution in [-0.4, -0.2) is 41.2 Å². The van der Waals surface area contributed by atoms with Gasteiger partial charge in [-0.2, -0.15) is 0 Å². The number of hydrogen-bond donors (Lipinski definition) is 0. The molecular formula is C18H20N2O2S. The zero-order valence-electron chi connectivity index (χ0n) is 13.0. The van der Waals surface area contributed by atoms with Crippen molar-refractivity contribution in [1.29, 1.82) is 0 Å². The summed E-state index contributed by atoms with van der Waals surface area (Å²) in [5.74, 6) is 0.238. The number of carbonyl (C=O) groups excluding carboxylic acids is 2. The third-order valence-corrected chi connectivity index (χ3v) is 4.94. The van der Waals surface area contributed by atoms with Crippen molar-refractivity contribution >= 4 is 23.2 Å². The Morgan fingerprint density at radius 1 is 1.04 bits per heavy atom. The highest BCUT2D eigenvalue weighted by Crippen LogP contribution is 2.14. The Morgan fingerprint density at radius 2 is 1.87 bits per heavy atom. The second kappa shape index (κ2) is 7.42. The molecular weight excluding hydrogens is 308 g/mol. The zero-order valence-corrected chi connectivity index (χ0v) is 13.8. The lowest BCUT2D eigenvalue weighted by Gasteiger charge is -2.22. The van der Waals surface area contributed by atoms with E-state index in [9.17, 15) is 9.59 Å². The lowest BCUT2D eigenvalue weighted by molar-refractivity contribution is -0.130. The summed E-state index contributed by atoms with van der Waals surface area (Å²) >= 11 is 1.60. The third-order valence-electron chi connectivity index (χ3n) is 4.06. The van der Waals surface area contributed by atoms with Crippen LogP contribution in [0, 0.1) is 0 Å². The van der Waals surface area contributed by atoms with E-state index < -0.39 is 0 Å². The molecule has 0 N–H and O–H groups in total. The largest absolute Gasteiger partial charge is 0.340 e. The van der Waals surface area contributed by atoms with Crippen LogP contribution in [0.25, 0.3) is 0 Å². The molecule has 2 aromatic rings. The number of hydrogen-bond acceptors (Lipinski definition) is 3. The van der Waals surface area contributed by atoms with Crippen LogP contribution >= 0.6 is 11.3 Å². The normalized spacial score (nSPS) is 15.6. The second-order valence-electron chi connectivity index (χ2n) is 5.69. The Bertz CT molecular complexity index is 655. The molecule has 0 saturated carbocycles. The highest BCUT2D eigenvalue weighted by Gasteiger charge is 2.23. The summed E-state index contributed by atoms with van der Waals surface area (Å²) < 4.78 is 0. The molecule has 5 heteroatoms. The van der Waals surface area contributed by atoms with Crippen molar-refractivity contribution in [3.05, 3.63) is 58.3 Å². The molecule has 1 aliphatic heterocycles. The van der Waals surface area contributed by atoms with Gasteiger partial charge in [0, 0.05) is 37.5 Å². The van der Waals surface area contributed by atoms with Crippen LogP contribution in [0.1, 0.15) is 16.9 Å². The number of carbonyl (C=O) groups is 2. The lowest BCUT2D eigenvalue weighted by atomic mass is 10.2. The topological polar surface area (TPSA) is 40.6 Å². The van der Waals surface area contributed by atoms with Gasteiger partial charge in [0.25, 0.3) is 0 Å². The Hall–Kier alpha value is -2.14. The highest BCUT2D eigenvalue weighted by molar-refractivity contribution is 7.10. The molecule has 23 heavy (non-hydrogen) atoms. The van der Waals surface area contributed by atoms with Crippen LogP contribution in [0.5, 0.6) is 0 Å². The molecule has 0 aliphatic carbocycles. The van der Waals surface area contributed by atoms with Gasteiger partial charge in [-0.15, -0.1) is 11.3 Å². The molecule has 0 atom stereocenters. The summed E-state index contributed by atoms with van der Waals surface area (Å²) in [5, 5.41) is 1.98. The number of amides is 2. The molecule has 4 nitrogen and oxygen atoms in total. The van der Waals surface area contributed by atoms with E-state index in [1.807, 2.05) is 57.6 Å². The predicted octanol–water partition coefficient (Wildman–Crippen LogP) is 2.55. The van der Waals surface area contributed by atoms with Crippen molar-refractivity contribution < 1.29 is 9.59 Å². The first-order chi connectivity index (χ1) is 11.2. The first-order valence-corrected chi connectivity index (χ1v) is 8.72. The first-order valence-electron chi connectivity index (χ1n) is 7.84. The summed E-state index contributed by atoms with van der Waals surface area (Å²) in [6.45, 7) is 2.35. The Kier molecular flexibility index (Phi) is 5.08. The van der Waals surface area contributed by atoms with Gasteiger partial charge in [0.1, 0.15) is 0 Å². The summed E-state index contributed by atoms with van der Waals surface area (Å²) in [7, 11) is 0. The minimum absolute atomic E-state index is 0.113. The molecule has 1 fully saturated rings. The summed E-state index contributed by atoms with van der Waals surface area (Å²) in [4.78, 5) is 29.4. The number of benzene rings is 1. The van der Waals surface area contributed by atoms with Crippen molar-refractivity contribution in [3.8, 4) is 0 Å². The molecule has 1 aromatic carbocycles. The zero-order chi connectivity index (χ0) is 16.1. The van der Waals surface area contributed by atoms with Crippen molar-refractivity contribution in [3.63, 3.8) is 0 Å². The van der Waals surface area contributed by atoms with Crippen LogP contribution in [0.2, 0.25) is 0 Å². The minimum atomic E-state index is 0.113. The van der Waals surface area contributed by atoms with Crippen molar-refractivity contribution in [2.75, 3.05) is 19.6 Å². The SMILES string of the molecule is O=C(Cc1cccs1)N1CCC(=O)N(Cc2ccccc2)CC1. The van der Waals surface area contributed by atoms with Gasteiger partial charge < -0.3 is 9.80 Å². The molecule has 0 bridgehead atoms. The number of nitrogens with zero attached hydrogens (tertiary/aromatic N) is 2. The van der Waals surface area contributed by atoms with Gasteiger partial charge in [-0.3, -0.25) is 9.59 Å². The standard InChI is InChI=1S/C18H20N2O2S/c21-17-8-9-19(18(22)13-16-7-4-12-23-16)10-11-20(17)14-15-5-2-1-3-6-15/h1-7,12H,8-11,13-14H2. The Labute approximate surface area is 140 Å². The van der Waals surface area contributed by atoms with Gasteiger partial charge in [-0.1, -0.05) is 36.4 Å². The third kappa shape index (κ3) is 4.20. The quantitative estimate of drug-likeness (QED) is 0.865. The van der Waals surface area contributed by atoms with E-state index in [-0.39, 0.29) is 11.8 Å². The predicted molar refractivity (Wildman–Crippen MR) is 91.1 cm³/mol. The van der Waals surface area contributed by atoms with E-state index in [1.54, 1.807) is 11.3 Å². The van der Waals surface area contributed by atoms with Gasteiger partial charge in [0.15, 0.2) is 0 Å². The smallest absolute Gasteiger partial charge is 0.227 e. The van der Waals surface area contributed by atoms with E-state index in [0.29, 0.717) is 39.0 Å². The number of thiophene rings is 1. The summed E-state index contributed by atoms with van der Waals surface area (Å²) in [6.07, 6.45) is 0.841. The average Bonchev–Trinajstić information content (AvgIpc) is 3.00. The van der Waals surface area contributed by atoms with Crippen LogP contribution < -0.4 is 0 Å². The molecule has 0 radical (unpaired) electrons. The van der Waals surface area contributed by atoms with Crippen LogP contribution in [-0.2, 0) is 22.6 Å². The molecule has 2 amide bonds. The molecule has 1 aliphatic rings. The van der Waals surface area contributed by atoms with Gasteiger partial charge in [0.05, 0.1) is 6.42 Å². The van der Waals surface area contributed by atoms with E-state index >= 15 is 0 Å². The van der Waals surface area contributed by atoms with E-state index in [0.717, 1.165) is 10.4 Å². The van der Waals surface area contributed by atoms with Gasteiger partial charge in [-0.25, -0.2) is 0 Å². The maximum Gasteiger partial charge on any atom is 0.227 e. The van der Waals surface area contributed by atoms with Crippen LogP contribution in [0.4, 0.5) is 0 Å². The highest BCUT2D eigenvalue weighted by atomic mass is 32.1. The summed E-state index contributed by atoms with van der Waals surface area (Å²) in [6, 6.07) is 13.9.